The summed E-state index contributed by atoms with van der Waals surface area (Å²) in [6.07, 6.45) is -0.981. The number of hydrogen-bond acceptors (Lipinski definition) is 5. The Kier molecular flexibility index (Phi) is 3.90. The van der Waals surface area contributed by atoms with Gasteiger partial charge in [0.15, 0.2) is 0 Å². The van der Waals surface area contributed by atoms with Crippen LogP contribution >= 0.6 is 0 Å². The predicted octanol–water partition coefficient (Wildman–Crippen LogP) is -0.391. The summed E-state index contributed by atoms with van der Waals surface area (Å²) in [4.78, 5) is 23.7. The third-order valence-corrected chi connectivity index (χ3v) is 2.52. The van der Waals surface area contributed by atoms with Gasteiger partial charge in [0.1, 0.15) is 0 Å². The normalized spacial score (nSPS) is 25.9. The molecule has 1 aliphatic heterocycles. The van der Waals surface area contributed by atoms with E-state index in [9.17, 15) is 14.7 Å². The first-order valence-electron chi connectivity index (χ1n) is 4.69. The number of nitrogens with zero attached hydrogens (tertiary/aromatic N) is 1. The molecule has 6 nitrogen and oxygen atoms in total. The van der Waals surface area contributed by atoms with Crippen molar-refractivity contribution in [3.63, 3.8) is 0 Å². The summed E-state index contributed by atoms with van der Waals surface area (Å²) in [6, 6.07) is 0. The van der Waals surface area contributed by atoms with Gasteiger partial charge in [-0.05, 0) is 6.42 Å². The quantitative estimate of drug-likeness (QED) is 0.605. The first kappa shape index (κ1) is 11.8. The number of β-amino-alcohol motifs (C(OH)–C–C–N with tert-alkyl or cyclic N) is 1. The van der Waals surface area contributed by atoms with E-state index in [1.165, 1.54) is 19.1 Å². The van der Waals surface area contributed by atoms with Gasteiger partial charge in [0.2, 0.25) is 0 Å². The van der Waals surface area contributed by atoms with Gasteiger partial charge in [-0.3, -0.25) is 4.79 Å². The van der Waals surface area contributed by atoms with E-state index in [1.54, 1.807) is 0 Å². The first-order valence-corrected chi connectivity index (χ1v) is 4.69. The monoisotopic (exact) mass is 217 g/mol. The lowest BCUT2D eigenvalue weighted by atomic mass is 9.94. The summed E-state index contributed by atoms with van der Waals surface area (Å²) in [5.41, 5.74) is 0. The van der Waals surface area contributed by atoms with E-state index < -0.39 is 24.1 Å². The molecule has 0 aliphatic carbocycles. The highest BCUT2D eigenvalue weighted by atomic mass is 16.5. The molecular weight excluding hydrogens is 202 g/mol. The van der Waals surface area contributed by atoms with Crippen LogP contribution in [-0.2, 0) is 14.3 Å². The number of aliphatic hydroxyl groups excluding tert-OH is 1. The van der Waals surface area contributed by atoms with Crippen molar-refractivity contribution >= 4 is 12.1 Å². The highest BCUT2D eigenvalue weighted by Gasteiger charge is 2.35. The summed E-state index contributed by atoms with van der Waals surface area (Å²) >= 11 is 0. The van der Waals surface area contributed by atoms with Crippen molar-refractivity contribution in [1.82, 2.24) is 4.90 Å². The molecule has 2 atom stereocenters. The molecule has 1 aliphatic rings. The van der Waals surface area contributed by atoms with E-state index in [0.29, 0.717) is 13.0 Å². The van der Waals surface area contributed by atoms with Crippen molar-refractivity contribution < 1.29 is 24.2 Å². The molecule has 0 saturated carbocycles. The zero-order valence-corrected chi connectivity index (χ0v) is 8.80. The zero-order valence-electron chi connectivity index (χ0n) is 8.80. The molecule has 1 saturated heterocycles. The third kappa shape index (κ3) is 2.59. The molecule has 6 heteroatoms. The van der Waals surface area contributed by atoms with Crippen LogP contribution in [0.4, 0.5) is 4.79 Å². The topological polar surface area (TPSA) is 76.1 Å². The lowest BCUT2D eigenvalue weighted by Crippen LogP contribution is -2.49. The van der Waals surface area contributed by atoms with Crippen LogP contribution < -0.4 is 0 Å². The predicted molar refractivity (Wildman–Crippen MR) is 50.1 cm³/mol. The molecule has 0 aromatic rings. The van der Waals surface area contributed by atoms with Crippen LogP contribution in [0, 0.1) is 5.92 Å². The number of carbonyl (C=O) groups is 2. The third-order valence-electron chi connectivity index (χ3n) is 2.52. The number of esters is 1. The fourth-order valence-electron chi connectivity index (χ4n) is 1.65. The Labute approximate surface area is 87.8 Å². The number of piperidine rings is 1. The first-order chi connectivity index (χ1) is 7.10. The summed E-state index contributed by atoms with van der Waals surface area (Å²) in [5.74, 6) is -0.983. The number of ether oxygens (including phenoxy) is 2. The fourth-order valence-corrected chi connectivity index (χ4v) is 1.65. The second-order valence-electron chi connectivity index (χ2n) is 3.40. The standard InChI is InChI=1S/C9H15NO5/c1-14-8(12)6-3-4-10(5-7(6)11)9(13)15-2/h6-7,11H,3-5H2,1-2H3. The molecule has 0 radical (unpaired) electrons. The van der Waals surface area contributed by atoms with E-state index >= 15 is 0 Å². The Bertz CT molecular complexity index is 255. The Morgan fingerprint density at radius 2 is 2.00 bits per heavy atom. The minimum absolute atomic E-state index is 0.104. The van der Waals surface area contributed by atoms with Gasteiger partial charge in [-0.2, -0.15) is 0 Å². The molecule has 0 bridgehead atoms. The fraction of sp³-hybridized carbons (Fsp3) is 0.778. The van der Waals surface area contributed by atoms with Crippen LogP contribution in [0.15, 0.2) is 0 Å². The molecule has 1 N–H and O–H groups in total. The van der Waals surface area contributed by atoms with E-state index in [0.717, 1.165) is 0 Å². The Hall–Kier alpha value is -1.30. The lowest BCUT2D eigenvalue weighted by Gasteiger charge is -2.33. The second kappa shape index (κ2) is 4.97. The minimum Gasteiger partial charge on any atom is -0.469 e. The molecule has 1 fully saturated rings. The van der Waals surface area contributed by atoms with Gasteiger partial charge in [0.25, 0.3) is 0 Å². The maximum absolute atomic E-state index is 11.2. The Morgan fingerprint density at radius 3 is 2.47 bits per heavy atom. The zero-order chi connectivity index (χ0) is 11.4. The maximum atomic E-state index is 11.2. The molecule has 0 aromatic heterocycles. The van der Waals surface area contributed by atoms with E-state index in [-0.39, 0.29) is 6.54 Å². The van der Waals surface area contributed by atoms with Crippen LogP contribution in [-0.4, -0.2) is 55.5 Å². The number of amides is 1. The second-order valence-corrected chi connectivity index (χ2v) is 3.40. The van der Waals surface area contributed by atoms with E-state index in [4.69, 9.17) is 0 Å². The molecule has 1 rings (SSSR count). The van der Waals surface area contributed by atoms with E-state index in [1.807, 2.05) is 0 Å². The average Bonchev–Trinajstić information content (AvgIpc) is 2.26. The SMILES string of the molecule is COC(=O)C1CCN(C(=O)OC)CC1O. The largest absolute Gasteiger partial charge is 0.469 e. The summed E-state index contributed by atoms with van der Waals surface area (Å²) < 4.78 is 9.07. The van der Waals surface area contributed by atoms with Crippen molar-refractivity contribution in [2.45, 2.75) is 12.5 Å². The minimum atomic E-state index is -0.884. The van der Waals surface area contributed by atoms with Crippen molar-refractivity contribution in [3.05, 3.63) is 0 Å². The number of rotatable bonds is 1. The maximum Gasteiger partial charge on any atom is 0.409 e. The van der Waals surface area contributed by atoms with Crippen LogP contribution in [0.1, 0.15) is 6.42 Å². The number of aliphatic hydroxyl groups is 1. The van der Waals surface area contributed by atoms with Gasteiger partial charge in [-0.25, -0.2) is 4.79 Å². The average molecular weight is 217 g/mol. The number of carbonyl (C=O) groups excluding carboxylic acids is 2. The molecule has 1 heterocycles. The van der Waals surface area contributed by atoms with Crippen LogP contribution in [0.25, 0.3) is 0 Å². The van der Waals surface area contributed by atoms with Gasteiger partial charge in [-0.15, -0.1) is 0 Å². The molecule has 15 heavy (non-hydrogen) atoms. The molecule has 2 unspecified atom stereocenters. The van der Waals surface area contributed by atoms with Gasteiger partial charge < -0.3 is 19.5 Å². The van der Waals surface area contributed by atoms with Crippen LogP contribution in [0.5, 0.6) is 0 Å². The van der Waals surface area contributed by atoms with Crippen molar-refractivity contribution in [1.29, 1.82) is 0 Å². The van der Waals surface area contributed by atoms with Crippen molar-refractivity contribution in [2.75, 3.05) is 27.3 Å². The molecular formula is C9H15NO5. The Morgan fingerprint density at radius 1 is 1.33 bits per heavy atom. The molecule has 0 spiro atoms. The Balaban J connectivity index is 2.55. The van der Waals surface area contributed by atoms with Crippen molar-refractivity contribution in [3.8, 4) is 0 Å². The van der Waals surface area contributed by atoms with Gasteiger partial charge >= 0.3 is 12.1 Å². The summed E-state index contributed by atoms with van der Waals surface area (Å²) in [6.45, 7) is 0.496. The number of methoxy groups -OCH3 is 2. The molecule has 86 valence electrons. The summed E-state index contributed by atoms with van der Waals surface area (Å²) in [5, 5.41) is 9.64. The number of hydrogen-bond donors (Lipinski definition) is 1. The lowest BCUT2D eigenvalue weighted by molar-refractivity contribution is -0.152. The van der Waals surface area contributed by atoms with Crippen molar-refractivity contribution in [2.24, 2.45) is 5.92 Å². The van der Waals surface area contributed by atoms with Gasteiger partial charge in [0.05, 0.1) is 32.8 Å². The van der Waals surface area contributed by atoms with Gasteiger partial charge in [0, 0.05) is 6.54 Å². The summed E-state index contributed by atoms with van der Waals surface area (Å²) in [7, 11) is 2.56. The molecule has 0 aromatic carbocycles. The highest BCUT2D eigenvalue weighted by Crippen LogP contribution is 2.19. The highest BCUT2D eigenvalue weighted by molar-refractivity contribution is 5.74. The molecule has 1 amide bonds. The number of likely N-dealkylation sites (tertiary alicyclic amines) is 1. The van der Waals surface area contributed by atoms with E-state index in [2.05, 4.69) is 9.47 Å². The van der Waals surface area contributed by atoms with Crippen LogP contribution in [0.2, 0.25) is 0 Å². The van der Waals surface area contributed by atoms with Crippen LogP contribution in [0.3, 0.4) is 0 Å². The van der Waals surface area contributed by atoms with Gasteiger partial charge in [-0.1, -0.05) is 0 Å². The smallest absolute Gasteiger partial charge is 0.409 e.